The van der Waals surface area contributed by atoms with Gasteiger partial charge >= 0.3 is 18.6 Å². The number of thiazole rings is 1. The number of esters is 1. The van der Waals surface area contributed by atoms with Gasteiger partial charge in [-0.1, -0.05) is 17.7 Å². The number of rotatable bonds is 9. The SMILES string of the molecule is COC(=O)CC[C@H]1CN(CC2=C(c3ccn(C(F)F)n3)[C@H](c3ccc(F)cc3Cl)N=C(c3nccs3)N2)C(=O)O1. The highest BCUT2D eigenvalue weighted by atomic mass is 35.5. The van der Waals surface area contributed by atoms with E-state index in [1.807, 2.05) is 0 Å². The molecule has 2 aliphatic heterocycles. The summed E-state index contributed by atoms with van der Waals surface area (Å²) in [4.78, 5) is 34.8. The number of hydrogen-bond acceptors (Lipinski definition) is 9. The second-order valence-corrected chi connectivity index (χ2v) is 10.2. The van der Waals surface area contributed by atoms with Crippen molar-refractivity contribution in [3.63, 3.8) is 0 Å². The van der Waals surface area contributed by atoms with Crippen molar-refractivity contribution in [2.45, 2.75) is 31.5 Å². The summed E-state index contributed by atoms with van der Waals surface area (Å²) in [6, 6.07) is 4.32. The molecule has 0 unspecified atom stereocenters. The first-order chi connectivity index (χ1) is 19.2. The molecule has 0 radical (unpaired) electrons. The summed E-state index contributed by atoms with van der Waals surface area (Å²) in [7, 11) is 1.28. The number of halogens is 4. The number of carbonyl (C=O) groups excluding carboxylic acids is 2. The summed E-state index contributed by atoms with van der Waals surface area (Å²) < 4.78 is 51.5. The van der Waals surface area contributed by atoms with E-state index in [4.69, 9.17) is 21.3 Å². The number of ether oxygens (including phenoxy) is 2. The van der Waals surface area contributed by atoms with Crippen LogP contribution in [0.1, 0.15) is 41.7 Å². The Morgan fingerprint density at radius 3 is 2.85 bits per heavy atom. The van der Waals surface area contributed by atoms with E-state index in [0.717, 1.165) is 12.3 Å². The maximum atomic E-state index is 14.0. The van der Waals surface area contributed by atoms with E-state index in [9.17, 15) is 22.8 Å². The van der Waals surface area contributed by atoms with E-state index in [1.54, 1.807) is 11.6 Å². The van der Waals surface area contributed by atoms with Gasteiger partial charge in [0.05, 0.1) is 25.9 Å². The van der Waals surface area contributed by atoms with E-state index in [2.05, 4.69) is 20.1 Å². The Kier molecular flexibility index (Phi) is 8.07. The minimum absolute atomic E-state index is 0.0376. The van der Waals surface area contributed by atoms with E-state index in [1.165, 1.54) is 41.5 Å². The van der Waals surface area contributed by atoms with Crippen LogP contribution in [0.5, 0.6) is 0 Å². The fraction of sp³-hybridized carbons (Fsp3) is 0.320. The Morgan fingerprint density at radius 2 is 2.17 bits per heavy atom. The lowest BCUT2D eigenvalue weighted by molar-refractivity contribution is -0.141. The molecular formula is C25H22ClF3N6O4S. The number of amidine groups is 1. The lowest BCUT2D eigenvalue weighted by Crippen LogP contribution is -2.38. The number of methoxy groups -OCH3 is 1. The molecule has 5 rings (SSSR count). The Hall–Kier alpha value is -3.91. The molecule has 210 valence electrons. The number of amides is 1. The first-order valence-corrected chi connectivity index (χ1v) is 13.3. The van der Waals surface area contributed by atoms with Crippen LogP contribution in [0.15, 0.2) is 52.7 Å². The summed E-state index contributed by atoms with van der Waals surface area (Å²) in [6.45, 7) is -2.75. The van der Waals surface area contributed by atoms with Gasteiger partial charge in [0.15, 0.2) is 10.8 Å². The molecule has 40 heavy (non-hydrogen) atoms. The summed E-state index contributed by atoms with van der Waals surface area (Å²) in [5, 5.41) is 9.59. The van der Waals surface area contributed by atoms with Crippen LogP contribution in [0.3, 0.4) is 0 Å². The van der Waals surface area contributed by atoms with Gasteiger partial charge in [-0.05, 0) is 24.6 Å². The van der Waals surface area contributed by atoms with Gasteiger partial charge in [-0.25, -0.2) is 18.9 Å². The summed E-state index contributed by atoms with van der Waals surface area (Å²) in [5.41, 5.74) is 1.33. The zero-order valence-electron chi connectivity index (χ0n) is 20.9. The fourth-order valence-electron chi connectivity index (χ4n) is 4.43. The van der Waals surface area contributed by atoms with Crippen molar-refractivity contribution in [3.05, 3.63) is 74.8 Å². The standard InChI is InChI=1S/C25H22ClF3N6O4S/c1-38-19(36)5-3-14-11-34(25(37)39-14)12-18-20(17-6-8-35(33-17)24(28)29)21(15-4-2-13(27)10-16(15)26)32-22(31-18)23-30-7-9-40-23/h2,4,6-10,14,21,24H,3,5,11-12H2,1H3,(H,31,32)/t14-,21-/m0/s1. The topological polar surface area (TPSA) is 111 Å². The second kappa shape index (κ2) is 11.7. The van der Waals surface area contributed by atoms with Crippen LogP contribution in [0.25, 0.3) is 5.57 Å². The molecule has 2 aromatic heterocycles. The third-order valence-electron chi connectivity index (χ3n) is 6.30. The number of hydrogen-bond donors (Lipinski definition) is 1. The highest BCUT2D eigenvalue weighted by molar-refractivity contribution is 7.11. The first kappa shape index (κ1) is 27.6. The maximum Gasteiger partial charge on any atom is 0.410 e. The molecule has 2 atom stereocenters. The summed E-state index contributed by atoms with van der Waals surface area (Å²) in [6.07, 6.45) is 1.90. The van der Waals surface area contributed by atoms with Crippen molar-refractivity contribution < 1.29 is 32.2 Å². The average Bonchev–Trinajstić information content (AvgIpc) is 3.69. The van der Waals surface area contributed by atoms with Crippen molar-refractivity contribution >= 4 is 46.4 Å². The number of nitrogens with one attached hydrogen (secondary N) is 1. The molecule has 1 amide bonds. The molecule has 1 N–H and O–H groups in total. The fourth-order valence-corrected chi connectivity index (χ4v) is 5.29. The van der Waals surface area contributed by atoms with Gasteiger partial charge in [0, 0.05) is 46.1 Å². The highest BCUT2D eigenvalue weighted by Gasteiger charge is 2.36. The van der Waals surface area contributed by atoms with E-state index in [-0.39, 0.29) is 36.6 Å². The molecule has 1 aromatic carbocycles. The van der Waals surface area contributed by atoms with Gasteiger partial charge in [0.2, 0.25) is 0 Å². The molecule has 1 fully saturated rings. The average molecular weight is 595 g/mol. The lowest BCUT2D eigenvalue weighted by Gasteiger charge is -2.29. The smallest absolute Gasteiger partial charge is 0.410 e. The zero-order chi connectivity index (χ0) is 28.4. The first-order valence-electron chi connectivity index (χ1n) is 12.0. The number of cyclic esters (lactones) is 1. The molecule has 4 heterocycles. The number of carbonyl (C=O) groups is 2. The Morgan fingerprint density at radius 1 is 1.35 bits per heavy atom. The predicted molar refractivity (Wildman–Crippen MR) is 139 cm³/mol. The summed E-state index contributed by atoms with van der Waals surface area (Å²) in [5.74, 6) is -0.633. The maximum absolute atomic E-state index is 14.0. The number of aliphatic imine (C=N–C) groups is 1. The molecule has 0 saturated carbocycles. The van der Waals surface area contributed by atoms with Gasteiger partial charge in [0.1, 0.15) is 18.0 Å². The highest BCUT2D eigenvalue weighted by Crippen LogP contribution is 2.41. The lowest BCUT2D eigenvalue weighted by atomic mass is 9.93. The Balaban J connectivity index is 1.57. The molecule has 1 saturated heterocycles. The van der Waals surface area contributed by atoms with Crippen LogP contribution in [0.2, 0.25) is 5.02 Å². The number of nitrogens with zero attached hydrogens (tertiary/aromatic N) is 5. The molecule has 10 nitrogen and oxygen atoms in total. The largest absolute Gasteiger partial charge is 0.469 e. The van der Waals surface area contributed by atoms with Crippen molar-refractivity contribution in [2.75, 3.05) is 20.2 Å². The van der Waals surface area contributed by atoms with Gasteiger partial charge in [-0.2, -0.15) is 13.9 Å². The van der Waals surface area contributed by atoms with E-state index < -0.39 is 36.6 Å². The van der Waals surface area contributed by atoms with Crippen LogP contribution in [-0.2, 0) is 14.3 Å². The molecule has 0 spiro atoms. The number of aromatic nitrogens is 3. The minimum atomic E-state index is -2.89. The molecule has 15 heteroatoms. The van der Waals surface area contributed by atoms with Crippen LogP contribution >= 0.6 is 22.9 Å². The van der Waals surface area contributed by atoms with Crippen molar-refractivity contribution in [2.24, 2.45) is 4.99 Å². The van der Waals surface area contributed by atoms with E-state index >= 15 is 0 Å². The monoisotopic (exact) mass is 594 g/mol. The summed E-state index contributed by atoms with van der Waals surface area (Å²) >= 11 is 7.75. The predicted octanol–water partition coefficient (Wildman–Crippen LogP) is 4.80. The van der Waals surface area contributed by atoms with Crippen LogP contribution in [0.4, 0.5) is 18.0 Å². The molecule has 2 aliphatic rings. The number of benzene rings is 1. The Bertz CT molecular complexity index is 1480. The normalized spacial score (nSPS) is 19.1. The van der Waals surface area contributed by atoms with Gasteiger partial charge in [-0.3, -0.25) is 14.7 Å². The Labute approximate surface area is 235 Å². The van der Waals surface area contributed by atoms with Crippen molar-refractivity contribution in [1.82, 2.24) is 25.0 Å². The second-order valence-electron chi connectivity index (χ2n) is 8.86. The molecule has 3 aromatic rings. The van der Waals surface area contributed by atoms with Crippen LogP contribution < -0.4 is 5.32 Å². The molecule has 0 bridgehead atoms. The molecule has 0 aliphatic carbocycles. The van der Waals surface area contributed by atoms with Gasteiger partial charge in [0.25, 0.3) is 0 Å². The number of alkyl halides is 2. The van der Waals surface area contributed by atoms with Crippen LogP contribution in [0, 0.1) is 5.82 Å². The third kappa shape index (κ3) is 5.82. The molecular weight excluding hydrogens is 573 g/mol. The van der Waals surface area contributed by atoms with Crippen molar-refractivity contribution in [3.8, 4) is 0 Å². The minimum Gasteiger partial charge on any atom is -0.469 e. The third-order valence-corrected chi connectivity index (χ3v) is 7.41. The van der Waals surface area contributed by atoms with Crippen LogP contribution in [-0.4, -0.2) is 63.9 Å². The van der Waals surface area contributed by atoms with E-state index in [0.29, 0.717) is 32.4 Å². The van der Waals surface area contributed by atoms with Gasteiger partial charge in [-0.15, -0.1) is 11.3 Å². The zero-order valence-corrected chi connectivity index (χ0v) is 22.5. The van der Waals surface area contributed by atoms with Gasteiger partial charge < -0.3 is 14.8 Å². The van der Waals surface area contributed by atoms with Crippen molar-refractivity contribution in [1.29, 1.82) is 0 Å². The quantitative estimate of drug-likeness (QED) is 0.354.